The van der Waals surface area contributed by atoms with Crippen LogP contribution in [0.25, 0.3) is 0 Å². The van der Waals surface area contributed by atoms with Gasteiger partial charge in [0.15, 0.2) is 11.6 Å². The summed E-state index contributed by atoms with van der Waals surface area (Å²) < 4.78 is 40.1. The number of ketones is 2. The molecule has 0 aromatic heterocycles. The molecule has 9 heteroatoms. The lowest BCUT2D eigenvalue weighted by Crippen LogP contribution is -2.43. The normalized spacial score (nSPS) is 19.6. The number of fused-ring (bicyclic) bond motifs is 1. The van der Waals surface area contributed by atoms with Crippen LogP contribution in [0.4, 0.5) is 4.39 Å². The Bertz CT molecular complexity index is 1130. The number of carbonyl (C=O) groups excluding carboxylic acids is 2. The van der Waals surface area contributed by atoms with E-state index >= 15 is 0 Å². The Morgan fingerprint density at radius 1 is 1.06 bits per heavy atom. The molecule has 0 radical (unpaired) electrons. The summed E-state index contributed by atoms with van der Waals surface area (Å²) in [6.45, 7) is 2.24. The smallest absolute Gasteiger partial charge is 0.244 e. The van der Waals surface area contributed by atoms with Gasteiger partial charge in [0, 0.05) is 28.6 Å². The Kier molecular flexibility index (Phi) is 6.76. The number of sulfonamides is 1. The molecule has 2 aromatic rings. The first-order valence-corrected chi connectivity index (χ1v) is 12.4. The van der Waals surface area contributed by atoms with Crippen LogP contribution in [-0.2, 0) is 10.0 Å². The first-order valence-electron chi connectivity index (χ1n) is 10.6. The summed E-state index contributed by atoms with van der Waals surface area (Å²) in [4.78, 5) is 27.2. The molecule has 2 aromatic carbocycles. The quantitative estimate of drug-likeness (QED) is 0.592. The molecule has 0 bridgehead atoms. The molecule has 6 nitrogen and oxygen atoms in total. The summed E-state index contributed by atoms with van der Waals surface area (Å²) in [5.74, 6) is -0.634. The van der Waals surface area contributed by atoms with Gasteiger partial charge in [0.05, 0.1) is 11.4 Å². The van der Waals surface area contributed by atoms with E-state index in [1.54, 1.807) is 0 Å². The van der Waals surface area contributed by atoms with E-state index < -0.39 is 10.0 Å². The van der Waals surface area contributed by atoms with Crippen molar-refractivity contribution in [2.75, 3.05) is 32.7 Å². The molecule has 2 aliphatic heterocycles. The monoisotopic (exact) mass is 478 g/mol. The van der Waals surface area contributed by atoms with E-state index in [0.29, 0.717) is 31.4 Å². The van der Waals surface area contributed by atoms with E-state index in [1.807, 2.05) is 0 Å². The van der Waals surface area contributed by atoms with Crippen molar-refractivity contribution in [2.24, 2.45) is 5.92 Å². The molecular formula is C23H24ClFN2O4S. The van der Waals surface area contributed by atoms with Crippen LogP contribution in [0.15, 0.2) is 47.4 Å². The largest absolute Gasteiger partial charge is 0.303 e. The van der Waals surface area contributed by atoms with Crippen molar-refractivity contribution in [3.8, 4) is 0 Å². The van der Waals surface area contributed by atoms with Gasteiger partial charge in [-0.15, -0.1) is 0 Å². The number of Topliss-reactive ketones (excluding diaryl/α,β-unsaturated/α-hetero) is 2. The number of halogens is 2. The highest BCUT2D eigenvalue weighted by atomic mass is 35.5. The molecular weight excluding hydrogens is 455 g/mol. The third kappa shape index (κ3) is 4.78. The molecule has 2 heterocycles. The van der Waals surface area contributed by atoms with E-state index in [0.717, 1.165) is 13.1 Å². The van der Waals surface area contributed by atoms with E-state index in [-0.39, 0.29) is 51.9 Å². The average Bonchev–Trinajstić information content (AvgIpc) is 2.78. The zero-order chi connectivity index (χ0) is 22.9. The summed E-state index contributed by atoms with van der Waals surface area (Å²) in [5, 5.41) is 0.278. The van der Waals surface area contributed by atoms with Crippen LogP contribution in [-0.4, -0.2) is 61.9 Å². The number of benzene rings is 2. The van der Waals surface area contributed by atoms with Crippen LogP contribution in [0, 0.1) is 11.7 Å². The Balaban J connectivity index is 1.29. The minimum absolute atomic E-state index is 0.0265. The molecule has 0 amide bonds. The lowest BCUT2D eigenvalue weighted by Gasteiger charge is -2.32. The first-order chi connectivity index (χ1) is 15.3. The summed E-state index contributed by atoms with van der Waals surface area (Å²) >= 11 is 5.94. The summed E-state index contributed by atoms with van der Waals surface area (Å²) in [5.41, 5.74) is 0.726. The van der Waals surface area contributed by atoms with Crippen molar-refractivity contribution in [3.05, 3.63) is 64.4 Å². The lowest BCUT2D eigenvalue weighted by atomic mass is 9.89. The van der Waals surface area contributed by atoms with Crippen LogP contribution < -0.4 is 0 Å². The third-order valence-corrected chi connectivity index (χ3v) is 8.27. The van der Waals surface area contributed by atoms with Crippen LogP contribution in [0.3, 0.4) is 0 Å². The van der Waals surface area contributed by atoms with Gasteiger partial charge in [0.1, 0.15) is 5.82 Å². The minimum Gasteiger partial charge on any atom is -0.303 e. The second kappa shape index (κ2) is 9.39. The van der Waals surface area contributed by atoms with Crippen molar-refractivity contribution in [1.29, 1.82) is 0 Å². The summed E-state index contributed by atoms with van der Waals surface area (Å²) in [6.07, 6.45) is 2.00. The summed E-state index contributed by atoms with van der Waals surface area (Å²) in [7, 11) is -3.76. The number of nitrogens with zero attached hydrogens (tertiary/aromatic N) is 2. The number of piperidine rings is 1. The lowest BCUT2D eigenvalue weighted by molar-refractivity contribution is 0.0838. The number of rotatable bonds is 6. The molecule has 1 fully saturated rings. The molecule has 0 atom stereocenters. The fourth-order valence-electron chi connectivity index (χ4n) is 4.35. The van der Waals surface area contributed by atoms with Gasteiger partial charge >= 0.3 is 0 Å². The molecule has 0 saturated carbocycles. The van der Waals surface area contributed by atoms with Crippen molar-refractivity contribution >= 4 is 33.2 Å². The maximum atomic E-state index is 13.1. The summed E-state index contributed by atoms with van der Waals surface area (Å²) in [6, 6.07) is 9.97. The second-order valence-corrected chi connectivity index (χ2v) is 10.6. The molecule has 0 spiro atoms. The maximum Gasteiger partial charge on any atom is 0.244 e. The molecule has 0 aliphatic carbocycles. The third-order valence-electron chi connectivity index (χ3n) is 6.15. The zero-order valence-electron chi connectivity index (χ0n) is 17.5. The van der Waals surface area contributed by atoms with Gasteiger partial charge in [-0.05, 0) is 81.4 Å². The minimum atomic E-state index is -3.76. The Hall–Kier alpha value is -2.13. The highest BCUT2D eigenvalue weighted by molar-refractivity contribution is 7.89. The van der Waals surface area contributed by atoms with Gasteiger partial charge in [0.25, 0.3) is 0 Å². The van der Waals surface area contributed by atoms with E-state index in [1.165, 1.54) is 46.8 Å². The van der Waals surface area contributed by atoms with Gasteiger partial charge in [-0.3, -0.25) is 9.59 Å². The predicted molar refractivity (Wildman–Crippen MR) is 119 cm³/mol. The number of carbonyl (C=O) groups is 2. The standard InChI is InChI=1S/C23H24ClFN2O4S/c24-18-4-7-20-21(28)15-27(32(30,31)22(20)14-18)11-1-10-26-12-8-17(9-13-26)23(29)16-2-5-19(25)6-3-16/h2-7,14,17H,1,8-13,15H2. The van der Waals surface area contributed by atoms with Crippen molar-refractivity contribution in [2.45, 2.75) is 24.2 Å². The van der Waals surface area contributed by atoms with Gasteiger partial charge in [0.2, 0.25) is 10.0 Å². The highest BCUT2D eigenvalue weighted by Gasteiger charge is 2.36. The van der Waals surface area contributed by atoms with Gasteiger partial charge in [-0.25, -0.2) is 12.8 Å². The van der Waals surface area contributed by atoms with Crippen molar-refractivity contribution in [3.63, 3.8) is 0 Å². The first kappa shape index (κ1) is 23.0. The molecule has 4 rings (SSSR count). The topological polar surface area (TPSA) is 74.8 Å². The molecule has 32 heavy (non-hydrogen) atoms. The fraction of sp³-hybridized carbons (Fsp3) is 0.391. The predicted octanol–water partition coefficient (Wildman–Crippen LogP) is 3.65. The van der Waals surface area contributed by atoms with Crippen LogP contribution in [0.1, 0.15) is 40.0 Å². The van der Waals surface area contributed by atoms with Crippen LogP contribution in [0.2, 0.25) is 5.02 Å². The molecule has 0 N–H and O–H groups in total. The Morgan fingerprint density at radius 2 is 1.75 bits per heavy atom. The Morgan fingerprint density at radius 3 is 2.44 bits per heavy atom. The molecule has 0 unspecified atom stereocenters. The molecule has 1 saturated heterocycles. The van der Waals surface area contributed by atoms with Gasteiger partial charge in [-0.2, -0.15) is 4.31 Å². The van der Waals surface area contributed by atoms with Crippen molar-refractivity contribution in [1.82, 2.24) is 9.21 Å². The second-order valence-electron chi connectivity index (χ2n) is 8.24. The molecule has 170 valence electrons. The van der Waals surface area contributed by atoms with E-state index in [9.17, 15) is 22.4 Å². The number of likely N-dealkylation sites (tertiary alicyclic amines) is 1. The average molecular weight is 479 g/mol. The van der Waals surface area contributed by atoms with E-state index in [4.69, 9.17) is 11.6 Å². The van der Waals surface area contributed by atoms with Gasteiger partial charge < -0.3 is 4.90 Å². The van der Waals surface area contributed by atoms with Crippen LogP contribution in [0.5, 0.6) is 0 Å². The van der Waals surface area contributed by atoms with Gasteiger partial charge in [-0.1, -0.05) is 11.6 Å². The Labute approximate surface area is 192 Å². The molecule has 2 aliphatic rings. The number of hydrogen-bond donors (Lipinski definition) is 0. The highest BCUT2D eigenvalue weighted by Crippen LogP contribution is 2.29. The van der Waals surface area contributed by atoms with E-state index in [2.05, 4.69) is 4.90 Å². The van der Waals surface area contributed by atoms with Crippen LogP contribution >= 0.6 is 11.6 Å². The zero-order valence-corrected chi connectivity index (χ0v) is 19.0. The maximum absolute atomic E-state index is 13.1. The SMILES string of the molecule is O=C1CN(CCCN2CCC(C(=O)c3ccc(F)cc3)CC2)S(=O)(=O)c2cc(Cl)ccc21. The fourth-order valence-corrected chi connectivity index (χ4v) is 6.26. The van der Waals surface area contributed by atoms with Crippen molar-refractivity contribution < 1.29 is 22.4 Å². The number of hydrogen-bond acceptors (Lipinski definition) is 5.